The van der Waals surface area contributed by atoms with Crippen LogP contribution in [-0.4, -0.2) is 47.5 Å². The number of carbonyl (C=O) groups is 1. The third-order valence-corrected chi connectivity index (χ3v) is 2.97. The highest BCUT2D eigenvalue weighted by Crippen LogP contribution is 2.22. The lowest BCUT2D eigenvalue weighted by atomic mass is 10.4. The molecule has 0 saturated heterocycles. The van der Waals surface area contributed by atoms with E-state index < -0.39 is 0 Å². The van der Waals surface area contributed by atoms with Crippen molar-refractivity contribution in [3.63, 3.8) is 0 Å². The summed E-state index contributed by atoms with van der Waals surface area (Å²) in [6, 6.07) is 0. The fraction of sp³-hybridized carbons (Fsp3) is 0.545. The summed E-state index contributed by atoms with van der Waals surface area (Å²) in [4.78, 5) is 23.4. The average Bonchev–Trinajstić information content (AvgIpc) is 2.40. The lowest BCUT2D eigenvalue weighted by Crippen LogP contribution is -2.39. The Labute approximate surface area is 117 Å². The fourth-order valence-corrected chi connectivity index (χ4v) is 1.88. The number of halogens is 1. The van der Waals surface area contributed by atoms with E-state index in [0.29, 0.717) is 23.9 Å². The molecule has 0 aliphatic rings. The van der Waals surface area contributed by atoms with Crippen molar-refractivity contribution in [2.75, 3.05) is 37.0 Å². The lowest BCUT2D eigenvalue weighted by Gasteiger charge is -2.24. The van der Waals surface area contributed by atoms with Crippen LogP contribution >= 0.6 is 11.6 Å². The number of hydrogen-bond donors (Lipinski definition) is 2. The van der Waals surface area contributed by atoms with Crippen LogP contribution in [0.1, 0.15) is 13.8 Å². The maximum absolute atomic E-state index is 12.0. The molecule has 1 amide bonds. The minimum absolute atomic E-state index is 0.0180. The first-order valence-electron chi connectivity index (χ1n) is 6.01. The Morgan fingerprint density at radius 1 is 1.47 bits per heavy atom. The lowest BCUT2D eigenvalue weighted by molar-refractivity contribution is -0.129. The summed E-state index contributed by atoms with van der Waals surface area (Å²) in [6.07, 6.45) is 1.44. The fourth-order valence-electron chi connectivity index (χ4n) is 1.65. The number of nitrogens with one attached hydrogen (secondary N) is 1. The van der Waals surface area contributed by atoms with Crippen molar-refractivity contribution in [1.82, 2.24) is 14.9 Å². The van der Waals surface area contributed by atoms with E-state index in [1.165, 1.54) is 6.20 Å². The van der Waals surface area contributed by atoms with Gasteiger partial charge in [-0.05, 0) is 13.8 Å². The number of nitrogens with zero attached hydrogens (tertiary/aromatic N) is 4. The summed E-state index contributed by atoms with van der Waals surface area (Å²) in [6.45, 7) is 5.43. The average molecular weight is 287 g/mol. The van der Waals surface area contributed by atoms with E-state index in [2.05, 4.69) is 15.4 Å². The largest absolute Gasteiger partial charge is 0.349 e. The maximum Gasteiger partial charge on any atom is 0.242 e. The summed E-state index contributed by atoms with van der Waals surface area (Å²) in [5, 5.41) is 0.369. The Bertz CT molecular complexity index is 437. The van der Waals surface area contributed by atoms with Crippen LogP contribution < -0.4 is 16.2 Å². The summed E-state index contributed by atoms with van der Waals surface area (Å²) in [5.41, 5.74) is 2.35. The number of rotatable bonds is 6. The Morgan fingerprint density at radius 3 is 2.63 bits per heavy atom. The molecule has 1 rings (SSSR count). The van der Waals surface area contributed by atoms with Crippen molar-refractivity contribution in [3.05, 3.63) is 11.2 Å². The van der Waals surface area contributed by atoms with Crippen molar-refractivity contribution in [1.29, 1.82) is 0 Å². The highest BCUT2D eigenvalue weighted by Gasteiger charge is 2.16. The molecular formula is C11H19ClN6O. The molecule has 1 heterocycles. The number of carbonyl (C=O) groups excluding carboxylic acids is 1. The van der Waals surface area contributed by atoms with Gasteiger partial charge in [0.25, 0.3) is 0 Å². The van der Waals surface area contributed by atoms with E-state index in [9.17, 15) is 4.79 Å². The molecule has 106 valence electrons. The Balaban J connectivity index is 2.83. The predicted molar refractivity (Wildman–Crippen MR) is 76.1 cm³/mol. The van der Waals surface area contributed by atoms with Gasteiger partial charge in [-0.2, -0.15) is 4.98 Å². The Hall–Kier alpha value is -1.60. The highest BCUT2D eigenvalue weighted by molar-refractivity contribution is 6.32. The van der Waals surface area contributed by atoms with Gasteiger partial charge in [-0.1, -0.05) is 11.6 Å². The van der Waals surface area contributed by atoms with Gasteiger partial charge in [0.1, 0.15) is 5.02 Å². The molecule has 0 bridgehead atoms. The molecule has 0 saturated carbocycles. The Morgan fingerprint density at radius 2 is 2.11 bits per heavy atom. The van der Waals surface area contributed by atoms with Gasteiger partial charge in [-0.25, -0.2) is 10.8 Å². The van der Waals surface area contributed by atoms with Gasteiger partial charge in [-0.15, -0.1) is 0 Å². The molecule has 0 atom stereocenters. The number of likely N-dealkylation sites (N-methyl/N-ethyl adjacent to an activating group) is 2. The van der Waals surface area contributed by atoms with Crippen LogP contribution in [0.3, 0.4) is 0 Å². The number of amides is 1. The quantitative estimate of drug-likeness (QED) is 0.592. The van der Waals surface area contributed by atoms with Gasteiger partial charge in [0, 0.05) is 20.1 Å². The van der Waals surface area contributed by atoms with E-state index in [4.69, 9.17) is 17.4 Å². The first-order valence-corrected chi connectivity index (χ1v) is 6.39. The number of hydrazine groups is 1. The zero-order valence-electron chi connectivity index (χ0n) is 11.4. The summed E-state index contributed by atoms with van der Waals surface area (Å²) in [7, 11) is 1.75. The van der Waals surface area contributed by atoms with Gasteiger partial charge in [0.05, 0.1) is 12.7 Å². The molecule has 0 unspecified atom stereocenters. The molecular weight excluding hydrogens is 268 g/mol. The predicted octanol–water partition coefficient (Wildman–Crippen LogP) is 0.720. The molecule has 8 heteroatoms. The minimum atomic E-state index is 0.0180. The molecule has 3 N–H and O–H groups in total. The third kappa shape index (κ3) is 3.93. The van der Waals surface area contributed by atoms with Crippen LogP contribution in [0, 0.1) is 0 Å². The smallest absolute Gasteiger partial charge is 0.242 e. The van der Waals surface area contributed by atoms with E-state index >= 15 is 0 Å². The van der Waals surface area contributed by atoms with E-state index in [1.807, 2.05) is 13.8 Å². The first kappa shape index (κ1) is 15.5. The second-order valence-electron chi connectivity index (χ2n) is 3.93. The highest BCUT2D eigenvalue weighted by atomic mass is 35.5. The number of nitrogens with two attached hydrogens (primary N) is 1. The minimum Gasteiger partial charge on any atom is -0.349 e. The summed E-state index contributed by atoms with van der Waals surface area (Å²) < 4.78 is 0. The third-order valence-electron chi connectivity index (χ3n) is 2.70. The van der Waals surface area contributed by atoms with Crippen LogP contribution in [0.4, 0.5) is 11.8 Å². The standard InChI is InChI=1S/C11H19ClN6O/c1-4-18(5-2)9(19)7-17(3)10-8(12)6-14-11(15-10)16-13/h6H,4-5,7,13H2,1-3H3,(H,14,15,16). The van der Waals surface area contributed by atoms with Gasteiger partial charge in [0.15, 0.2) is 5.82 Å². The van der Waals surface area contributed by atoms with E-state index in [1.54, 1.807) is 16.8 Å². The van der Waals surface area contributed by atoms with Crippen LogP contribution in [0.25, 0.3) is 0 Å². The monoisotopic (exact) mass is 286 g/mol. The van der Waals surface area contributed by atoms with E-state index in [-0.39, 0.29) is 18.4 Å². The molecule has 0 radical (unpaired) electrons. The van der Waals surface area contributed by atoms with Crippen molar-refractivity contribution in [3.8, 4) is 0 Å². The van der Waals surface area contributed by atoms with Crippen LogP contribution in [-0.2, 0) is 4.79 Å². The number of anilines is 2. The Kier molecular flexibility index (Phi) is 5.78. The maximum atomic E-state index is 12.0. The summed E-state index contributed by atoms with van der Waals surface area (Å²) >= 11 is 6.02. The van der Waals surface area contributed by atoms with Crippen molar-refractivity contribution in [2.24, 2.45) is 5.84 Å². The van der Waals surface area contributed by atoms with Crippen molar-refractivity contribution < 1.29 is 4.79 Å². The van der Waals surface area contributed by atoms with Crippen LogP contribution in [0.15, 0.2) is 6.20 Å². The molecule has 7 nitrogen and oxygen atoms in total. The van der Waals surface area contributed by atoms with Crippen LogP contribution in [0.2, 0.25) is 5.02 Å². The van der Waals surface area contributed by atoms with E-state index in [0.717, 1.165) is 0 Å². The molecule has 19 heavy (non-hydrogen) atoms. The molecule has 0 aliphatic carbocycles. The number of nitrogen functional groups attached to an aromatic ring is 1. The van der Waals surface area contributed by atoms with Gasteiger partial charge < -0.3 is 9.80 Å². The normalized spacial score (nSPS) is 10.2. The number of hydrogen-bond acceptors (Lipinski definition) is 6. The zero-order chi connectivity index (χ0) is 14.4. The van der Waals surface area contributed by atoms with Crippen LogP contribution in [0.5, 0.6) is 0 Å². The molecule has 0 aliphatic heterocycles. The molecule has 1 aromatic rings. The van der Waals surface area contributed by atoms with Gasteiger partial charge in [-0.3, -0.25) is 10.2 Å². The summed E-state index contributed by atoms with van der Waals surface area (Å²) in [5.74, 6) is 5.98. The SMILES string of the molecule is CCN(CC)C(=O)CN(C)c1nc(NN)ncc1Cl. The second kappa shape index (κ2) is 7.10. The van der Waals surface area contributed by atoms with Gasteiger partial charge >= 0.3 is 0 Å². The first-order chi connectivity index (χ1) is 9.03. The van der Waals surface area contributed by atoms with Crippen molar-refractivity contribution >= 4 is 29.3 Å². The van der Waals surface area contributed by atoms with Gasteiger partial charge in [0.2, 0.25) is 11.9 Å². The second-order valence-corrected chi connectivity index (χ2v) is 4.34. The molecule has 0 fully saturated rings. The molecule has 0 aromatic carbocycles. The zero-order valence-corrected chi connectivity index (χ0v) is 12.1. The number of aromatic nitrogens is 2. The molecule has 0 spiro atoms. The topological polar surface area (TPSA) is 87.4 Å². The van der Waals surface area contributed by atoms with Crippen molar-refractivity contribution in [2.45, 2.75) is 13.8 Å². The molecule has 1 aromatic heterocycles.